The topological polar surface area (TPSA) is 52.7 Å². The summed E-state index contributed by atoms with van der Waals surface area (Å²) in [5.41, 5.74) is 2.44. The largest absolute Gasteiger partial charge is 0.340 e. The van der Waals surface area contributed by atoms with Crippen molar-refractivity contribution in [1.29, 1.82) is 0 Å². The molecule has 2 amide bonds. The van der Waals surface area contributed by atoms with Gasteiger partial charge in [-0.3, -0.25) is 14.5 Å². The van der Waals surface area contributed by atoms with E-state index in [2.05, 4.69) is 34.5 Å². The van der Waals surface area contributed by atoms with Gasteiger partial charge < -0.3 is 10.2 Å². The highest BCUT2D eigenvalue weighted by molar-refractivity contribution is 6.01. The molecule has 0 aliphatic carbocycles. The summed E-state index contributed by atoms with van der Waals surface area (Å²) in [7, 11) is 0. The zero-order valence-corrected chi connectivity index (χ0v) is 15.7. The first-order valence-electron chi connectivity index (χ1n) is 9.74. The van der Waals surface area contributed by atoms with Crippen molar-refractivity contribution in [1.82, 2.24) is 9.80 Å². The molecule has 6 heteroatoms. The van der Waals surface area contributed by atoms with Crippen molar-refractivity contribution in [3.05, 3.63) is 65.5 Å². The first-order valence-corrected chi connectivity index (χ1v) is 9.74. The number of hydrogen-bond donors (Lipinski definition) is 1. The summed E-state index contributed by atoms with van der Waals surface area (Å²) in [5.74, 6) is -1.22. The number of fused-ring (bicyclic) bond motifs is 1. The van der Waals surface area contributed by atoms with Crippen LogP contribution in [0.1, 0.15) is 23.5 Å². The van der Waals surface area contributed by atoms with Gasteiger partial charge in [0.25, 0.3) is 0 Å². The Morgan fingerprint density at radius 3 is 2.57 bits per heavy atom. The van der Waals surface area contributed by atoms with Crippen molar-refractivity contribution >= 4 is 17.5 Å². The molecule has 5 nitrogen and oxygen atoms in total. The van der Waals surface area contributed by atoms with Crippen LogP contribution in [0.4, 0.5) is 10.1 Å². The zero-order chi connectivity index (χ0) is 19.5. The van der Waals surface area contributed by atoms with Crippen molar-refractivity contribution in [3.63, 3.8) is 0 Å². The number of rotatable bonds is 4. The van der Waals surface area contributed by atoms with E-state index in [0.717, 1.165) is 26.1 Å². The minimum absolute atomic E-state index is 0.0367. The second-order valence-corrected chi connectivity index (χ2v) is 7.44. The summed E-state index contributed by atoms with van der Waals surface area (Å²) in [6, 6.07) is 14.6. The lowest BCUT2D eigenvalue weighted by atomic mass is 9.89. The molecule has 1 atom stereocenters. The number of anilines is 1. The highest BCUT2D eigenvalue weighted by atomic mass is 19.1. The number of nitrogens with one attached hydrogen (secondary N) is 1. The van der Waals surface area contributed by atoms with E-state index < -0.39 is 11.7 Å². The lowest BCUT2D eigenvalue weighted by Crippen LogP contribution is -2.51. The maximum Gasteiger partial charge on any atom is 0.230 e. The second-order valence-electron chi connectivity index (χ2n) is 7.44. The highest BCUT2D eigenvalue weighted by Crippen LogP contribution is 2.34. The van der Waals surface area contributed by atoms with Gasteiger partial charge in [-0.1, -0.05) is 36.4 Å². The fourth-order valence-corrected chi connectivity index (χ4v) is 4.00. The first kappa shape index (κ1) is 18.6. The average molecular weight is 381 g/mol. The Balaban J connectivity index is 1.36. The van der Waals surface area contributed by atoms with Crippen molar-refractivity contribution in [3.8, 4) is 0 Å². The predicted molar refractivity (Wildman–Crippen MR) is 106 cm³/mol. The lowest BCUT2D eigenvalue weighted by Gasteiger charge is -2.37. The molecule has 146 valence electrons. The molecule has 2 aliphatic heterocycles. The van der Waals surface area contributed by atoms with Gasteiger partial charge in [0.1, 0.15) is 5.82 Å². The Morgan fingerprint density at radius 2 is 1.82 bits per heavy atom. The van der Waals surface area contributed by atoms with Gasteiger partial charge in [-0.15, -0.1) is 0 Å². The molecule has 0 saturated carbocycles. The summed E-state index contributed by atoms with van der Waals surface area (Å²) in [4.78, 5) is 29.3. The van der Waals surface area contributed by atoms with Crippen LogP contribution in [0, 0.1) is 5.82 Å². The third-order valence-corrected chi connectivity index (χ3v) is 5.60. The fraction of sp³-hybridized carbons (Fsp3) is 0.364. The second kappa shape index (κ2) is 8.10. The first-order chi connectivity index (χ1) is 13.6. The number of carbonyl (C=O) groups is 2. The van der Waals surface area contributed by atoms with E-state index in [-0.39, 0.29) is 18.2 Å². The Bertz CT molecular complexity index is 863. The number of nitrogens with zero attached hydrogens (tertiary/aromatic N) is 2. The Hall–Kier alpha value is -2.73. The van der Waals surface area contributed by atoms with Crippen LogP contribution in [0.25, 0.3) is 0 Å². The smallest absolute Gasteiger partial charge is 0.230 e. The van der Waals surface area contributed by atoms with Crippen molar-refractivity contribution < 1.29 is 14.0 Å². The van der Waals surface area contributed by atoms with Gasteiger partial charge in [0.05, 0.1) is 5.92 Å². The van der Waals surface area contributed by atoms with Gasteiger partial charge in [-0.05, 0) is 29.7 Å². The minimum Gasteiger partial charge on any atom is -0.340 e. The summed E-state index contributed by atoms with van der Waals surface area (Å²) in [6.07, 6.45) is 1.11. The Morgan fingerprint density at radius 1 is 1.07 bits per heavy atom. The average Bonchev–Trinajstić information content (AvgIpc) is 2.72. The van der Waals surface area contributed by atoms with Crippen LogP contribution in [-0.2, 0) is 16.0 Å². The third-order valence-electron chi connectivity index (χ3n) is 5.60. The molecule has 0 bridgehead atoms. The normalized spacial score (nSPS) is 19.8. The monoisotopic (exact) mass is 381 g/mol. The van der Waals surface area contributed by atoms with Crippen LogP contribution in [0.2, 0.25) is 0 Å². The highest BCUT2D eigenvalue weighted by Gasteiger charge is 2.34. The van der Waals surface area contributed by atoms with E-state index >= 15 is 0 Å². The number of carbonyl (C=O) groups excluding carboxylic acids is 2. The van der Waals surface area contributed by atoms with Gasteiger partial charge in [-0.25, -0.2) is 4.39 Å². The van der Waals surface area contributed by atoms with E-state index in [1.165, 1.54) is 17.7 Å². The molecule has 28 heavy (non-hydrogen) atoms. The molecule has 2 aromatic carbocycles. The molecule has 2 heterocycles. The Labute approximate surface area is 164 Å². The minimum atomic E-state index is -0.528. The van der Waals surface area contributed by atoms with E-state index in [1.54, 1.807) is 6.07 Å². The molecule has 4 rings (SSSR count). The molecule has 1 fully saturated rings. The van der Waals surface area contributed by atoms with E-state index in [9.17, 15) is 14.0 Å². The molecule has 2 aliphatic rings. The van der Waals surface area contributed by atoms with Crippen molar-refractivity contribution in [2.45, 2.75) is 18.8 Å². The summed E-state index contributed by atoms with van der Waals surface area (Å²) >= 11 is 0. The molecule has 2 aromatic rings. The number of benzene rings is 2. The fourth-order valence-electron chi connectivity index (χ4n) is 4.00. The van der Waals surface area contributed by atoms with Crippen molar-refractivity contribution in [2.75, 3.05) is 38.0 Å². The molecular weight excluding hydrogens is 357 g/mol. The van der Waals surface area contributed by atoms with E-state index in [0.29, 0.717) is 24.3 Å². The molecule has 1 saturated heterocycles. The molecule has 1 N–H and O–H groups in total. The third kappa shape index (κ3) is 4.07. The van der Waals surface area contributed by atoms with Gasteiger partial charge in [-0.2, -0.15) is 0 Å². The molecular formula is C22H24FN3O2. The van der Waals surface area contributed by atoms with E-state index in [1.807, 2.05) is 11.0 Å². The molecule has 0 radical (unpaired) electrons. The van der Waals surface area contributed by atoms with E-state index in [4.69, 9.17) is 0 Å². The predicted octanol–water partition coefficient (Wildman–Crippen LogP) is 2.64. The SMILES string of the molecule is O=C1CC(C(=O)N2CCN(CCc3ccccc3)CC2)c2ccc(F)cc2N1. The molecule has 0 spiro atoms. The maximum absolute atomic E-state index is 13.5. The van der Waals surface area contributed by atoms with Crippen LogP contribution in [-0.4, -0.2) is 54.3 Å². The Kier molecular flexibility index (Phi) is 5.39. The quantitative estimate of drug-likeness (QED) is 0.886. The summed E-state index contributed by atoms with van der Waals surface area (Å²) in [6.45, 7) is 3.94. The van der Waals surface area contributed by atoms with Gasteiger partial charge >= 0.3 is 0 Å². The van der Waals surface area contributed by atoms with Gasteiger partial charge in [0, 0.05) is 44.8 Å². The molecule has 0 aromatic heterocycles. The number of piperazine rings is 1. The standard InChI is InChI=1S/C22H24FN3O2/c23-17-6-7-18-19(15-21(27)24-20(18)14-17)22(28)26-12-10-25(11-13-26)9-8-16-4-2-1-3-5-16/h1-7,14,19H,8-13,15H2,(H,24,27). The molecule has 1 unspecified atom stereocenters. The van der Waals surface area contributed by atoms with Crippen LogP contribution >= 0.6 is 0 Å². The number of halogens is 1. The zero-order valence-electron chi connectivity index (χ0n) is 15.7. The summed E-state index contributed by atoms with van der Waals surface area (Å²) < 4.78 is 13.5. The van der Waals surface area contributed by atoms with Gasteiger partial charge in [0.2, 0.25) is 11.8 Å². The van der Waals surface area contributed by atoms with Gasteiger partial charge in [0.15, 0.2) is 0 Å². The lowest BCUT2D eigenvalue weighted by molar-refractivity contribution is -0.136. The summed E-state index contributed by atoms with van der Waals surface area (Å²) in [5, 5.41) is 2.67. The van der Waals surface area contributed by atoms with Crippen molar-refractivity contribution in [2.24, 2.45) is 0 Å². The van der Waals surface area contributed by atoms with Crippen LogP contribution in [0.5, 0.6) is 0 Å². The number of amides is 2. The van der Waals surface area contributed by atoms with Crippen LogP contribution < -0.4 is 5.32 Å². The van der Waals surface area contributed by atoms with Crippen LogP contribution in [0.3, 0.4) is 0 Å². The maximum atomic E-state index is 13.5. The number of hydrogen-bond acceptors (Lipinski definition) is 3. The van der Waals surface area contributed by atoms with Crippen LogP contribution in [0.15, 0.2) is 48.5 Å².